The van der Waals surface area contributed by atoms with Gasteiger partial charge in [-0.15, -0.1) is 11.3 Å². The fraction of sp³-hybridized carbons (Fsp3) is 0.176. The van der Waals surface area contributed by atoms with Crippen molar-refractivity contribution in [1.82, 2.24) is 4.98 Å². The van der Waals surface area contributed by atoms with Crippen LogP contribution in [0.25, 0.3) is 10.2 Å². The second-order valence-corrected chi connectivity index (χ2v) is 7.69. The number of hydrazone groups is 1. The molecule has 1 aliphatic rings. The summed E-state index contributed by atoms with van der Waals surface area (Å²) < 4.78 is 40.9. The van der Waals surface area contributed by atoms with E-state index in [1.807, 2.05) is 17.5 Å². The summed E-state index contributed by atoms with van der Waals surface area (Å²) in [7, 11) is 0. The smallest absolute Gasteiger partial charge is 0.291 e. The van der Waals surface area contributed by atoms with E-state index >= 15 is 0 Å². The minimum atomic E-state index is -4.74. The summed E-state index contributed by atoms with van der Waals surface area (Å²) in [5.41, 5.74) is -0.578. The van der Waals surface area contributed by atoms with Gasteiger partial charge < -0.3 is 0 Å². The summed E-state index contributed by atoms with van der Waals surface area (Å²) in [6, 6.07) is 10.7. The molecule has 1 atom stereocenters. The van der Waals surface area contributed by atoms with E-state index < -0.39 is 23.7 Å². The van der Waals surface area contributed by atoms with Gasteiger partial charge >= 0.3 is 6.18 Å². The van der Waals surface area contributed by atoms with Gasteiger partial charge in [-0.3, -0.25) is 9.79 Å². The highest BCUT2D eigenvalue weighted by Gasteiger charge is 2.50. The number of para-hydroxylation sites is 1. The number of anilines is 1. The Kier molecular flexibility index (Phi) is 4.52. The number of nitrogens with zero attached hydrogens (tertiary/aromatic N) is 4. The Morgan fingerprint density at radius 1 is 1.22 bits per heavy atom. The standard InChI is InChI=1S/C17H11F3N4OS2/c18-17(19,20)14-11(9-21-8-10-4-3-7-26-10)15(25)24(23-14)16-22-12-5-1-2-6-13(12)27-16/h1-7,9,11H,8H2. The number of amides is 1. The van der Waals surface area contributed by atoms with Crippen LogP contribution < -0.4 is 5.01 Å². The molecular weight excluding hydrogens is 397 g/mol. The van der Waals surface area contributed by atoms with Crippen LogP contribution in [0.2, 0.25) is 0 Å². The molecule has 1 unspecified atom stereocenters. The number of hydrogen-bond acceptors (Lipinski definition) is 6. The van der Waals surface area contributed by atoms with Crippen LogP contribution in [0.4, 0.5) is 18.3 Å². The normalized spacial score (nSPS) is 18.0. The zero-order valence-corrected chi connectivity index (χ0v) is 15.2. The SMILES string of the molecule is O=C1C(C=NCc2cccs2)C(C(F)(F)F)=NN1c1nc2ccccc2s1. The van der Waals surface area contributed by atoms with Crippen molar-refractivity contribution in [2.24, 2.45) is 16.0 Å². The van der Waals surface area contributed by atoms with Crippen LogP contribution in [0.15, 0.2) is 51.9 Å². The molecule has 1 amide bonds. The number of aliphatic imine (C=N–C) groups is 1. The Balaban J connectivity index is 1.64. The molecule has 0 N–H and O–H groups in total. The monoisotopic (exact) mass is 408 g/mol. The molecular formula is C17H11F3N4OS2. The van der Waals surface area contributed by atoms with Crippen LogP contribution >= 0.6 is 22.7 Å². The van der Waals surface area contributed by atoms with E-state index in [-0.39, 0.29) is 11.7 Å². The molecule has 1 aliphatic heterocycles. The number of halogens is 3. The average Bonchev–Trinajstić information content (AvgIpc) is 3.33. The van der Waals surface area contributed by atoms with Gasteiger partial charge in [0.05, 0.1) is 16.8 Å². The molecule has 3 aromatic rings. The third-order valence-electron chi connectivity index (χ3n) is 3.81. The number of carbonyl (C=O) groups is 1. The van der Waals surface area contributed by atoms with E-state index in [0.717, 1.165) is 32.1 Å². The van der Waals surface area contributed by atoms with E-state index in [9.17, 15) is 18.0 Å². The Bertz CT molecular complexity index is 1010. The van der Waals surface area contributed by atoms with Crippen molar-refractivity contribution >= 4 is 55.9 Å². The van der Waals surface area contributed by atoms with Crippen molar-refractivity contribution in [2.45, 2.75) is 12.7 Å². The number of benzene rings is 1. The van der Waals surface area contributed by atoms with Crippen LogP contribution in [0.3, 0.4) is 0 Å². The number of hydrogen-bond donors (Lipinski definition) is 0. The highest BCUT2D eigenvalue weighted by molar-refractivity contribution is 7.22. The number of rotatable bonds is 4. The molecule has 1 aromatic carbocycles. The van der Waals surface area contributed by atoms with Crippen molar-refractivity contribution < 1.29 is 18.0 Å². The number of alkyl halides is 3. The molecule has 2 aromatic heterocycles. The molecule has 27 heavy (non-hydrogen) atoms. The van der Waals surface area contributed by atoms with Gasteiger partial charge in [0.1, 0.15) is 5.92 Å². The van der Waals surface area contributed by atoms with Gasteiger partial charge in [-0.2, -0.15) is 23.3 Å². The van der Waals surface area contributed by atoms with Gasteiger partial charge in [-0.05, 0) is 23.6 Å². The molecule has 0 bridgehead atoms. The van der Waals surface area contributed by atoms with Crippen molar-refractivity contribution in [1.29, 1.82) is 0 Å². The third kappa shape index (κ3) is 3.50. The van der Waals surface area contributed by atoms with E-state index in [1.165, 1.54) is 11.3 Å². The van der Waals surface area contributed by atoms with Gasteiger partial charge in [-0.25, -0.2) is 4.98 Å². The largest absolute Gasteiger partial charge is 0.432 e. The molecule has 0 saturated heterocycles. The molecule has 138 valence electrons. The summed E-state index contributed by atoms with van der Waals surface area (Å²) in [6.45, 7) is 0.216. The lowest BCUT2D eigenvalue weighted by Gasteiger charge is -2.09. The van der Waals surface area contributed by atoms with Crippen LogP contribution in [0.5, 0.6) is 0 Å². The predicted octanol–water partition coefficient (Wildman–Crippen LogP) is 4.51. The first kappa shape index (κ1) is 17.8. The van der Waals surface area contributed by atoms with Gasteiger partial charge in [0.15, 0.2) is 5.71 Å². The number of thiophene rings is 1. The first-order valence-corrected chi connectivity index (χ1v) is 9.50. The van der Waals surface area contributed by atoms with Gasteiger partial charge in [-0.1, -0.05) is 29.5 Å². The second kappa shape index (κ2) is 6.86. The van der Waals surface area contributed by atoms with E-state index in [2.05, 4.69) is 15.1 Å². The summed E-state index contributed by atoms with van der Waals surface area (Å²) >= 11 is 2.55. The molecule has 0 spiro atoms. The Labute approximate surface area is 159 Å². The van der Waals surface area contributed by atoms with Crippen LogP contribution in [0.1, 0.15) is 4.88 Å². The molecule has 0 fully saturated rings. The molecule has 0 aliphatic carbocycles. The lowest BCUT2D eigenvalue weighted by molar-refractivity contribution is -0.119. The quantitative estimate of drug-likeness (QED) is 0.597. The summed E-state index contributed by atoms with van der Waals surface area (Å²) in [5, 5.41) is 6.23. The topological polar surface area (TPSA) is 57.9 Å². The number of fused-ring (bicyclic) bond motifs is 1. The molecule has 4 rings (SSSR count). The average molecular weight is 408 g/mol. The Hall–Kier alpha value is -2.59. The van der Waals surface area contributed by atoms with Crippen LogP contribution in [0, 0.1) is 5.92 Å². The van der Waals surface area contributed by atoms with Crippen molar-refractivity contribution in [3.05, 3.63) is 46.7 Å². The maximum Gasteiger partial charge on any atom is 0.432 e. The van der Waals surface area contributed by atoms with Gasteiger partial charge in [0, 0.05) is 11.1 Å². The Morgan fingerprint density at radius 2 is 2.04 bits per heavy atom. The molecule has 3 heterocycles. The van der Waals surface area contributed by atoms with E-state index in [4.69, 9.17) is 0 Å². The maximum atomic E-state index is 13.4. The molecule has 10 heteroatoms. The lowest BCUT2D eigenvalue weighted by atomic mass is 10.0. The number of thiazole rings is 1. The van der Waals surface area contributed by atoms with Crippen LogP contribution in [-0.2, 0) is 11.3 Å². The van der Waals surface area contributed by atoms with Gasteiger partial charge in [0.2, 0.25) is 5.13 Å². The Morgan fingerprint density at radius 3 is 2.74 bits per heavy atom. The fourth-order valence-corrected chi connectivity index (χ4v) is 4.13. The first-order valence-electron chi connectivity index (χ1n) is 7.81. The third-order valence-corrected chi connectivity index (χ3v) is 5.69. The van der Waals surface area contributed by atoms with Crippen LogP contribution in [-0.4, -0.2) is 29.0 Å². The number of carbonyl (C=O) groups excluding carboxylic acids is 1. The predicted molar refractivity (Wildman–Crippen MR) is 101 cm³/mol. The summed E-state index contributed by atoms with van der Waals surface area (Å²) in [6.07, 6.45) is -3.71. The fourth-order valence-electron chi connectivity index (χ4n) is 2.57. The summed E-state index contributed by atoms with van der Waals surface area (Å²) in [4.78, 5) is 21.8. The minimum absolute atomic E-state index is 0.108. The molecule has 0 saturated carbocycles. The minimum Gasteiger partial charge on any atom is -0.291 e. The van der Waals surface area contributed by atoms with E-state index in [0.29, 0.717) is 5.52 Å². The number of aromatic nitrogens is 1. The van der Waals surface area contributed by atoms with E-state index in [1.54, 1.807) is 24.3 Å². The highest BCUT2D eigenvalue weighted by atomic mass is 32.1. The molecule has 0 radical (unpaired) electrons. The van der Waals surface area contributed by atoms with Crippen molar-refractivity contribution in [3.63, 3.8) is 0 Å². The van der Waals surface area contributed by atoms with Gasteiger partial charge in [0.25, 0.3) is 5.91 Å². The lowest BCUT2D eigenvalue weighted by Crippen LogP contribution is -2.34. The summed E-state index contributed by atoms with van der Waals surface area (Å²) in [5.74, 6) is -2.38. The zero-order chi connectivity index (χ0) is 19.0. The van der Waals surface area contributed by atoms with Crippen molar-refractivity contribution in [3.8, 4) is 0 Å². The molecule has 5 nitrogen and oxygen atoms in total. The highest BCUT2D eigenvalue weighted by Crippen LogP contribution is 2.35. The maximum absolute atomic E-state index is 13.4. The zero-order valence-electron chi connectivity index (χ0n) is 13.6. The first-order chi connectivity index (χ1) is 12.9. The van der Waals surface area contributed by atoms with Crippen molar-refractivity contribution in [2.75, 3.05) is 5.01 Å². The second-order valence-electron chi connectivity index (χ2n) is 5.64.